The summed E-state index contributed by atoms with van der Waals surface area (Å²) in [4.78, 5) is 4.57. The minimum atomic E-state index is -0.318. The van der Waals surface area contributed by atoms with Gasteiger partial charge in [0.1, 0.15) is 10.8 Å². The molecule has 0 amide bonds. The molecule has 0 saturated carbocycles. The fourth-order valence-corrected chi connectivity index (χ4v) is 1.97. The first-order valence-corrected chi connectivity index (χ1v) is 4.91. The first kappa shape index (κ1) is 9.15. The number of nitrogens with zero attached hydrogens (tertiary/aromatic N) is 1. The van der Waals surface area contributed by atoms with E-state index in [2.05, 4.69) is 4.98 Å². The number of rotatable bonds is 1. The van der Waals surface area contributed by atoms with Crippen LogP contribution in [-0.4, -0.2) is 10.1 Å². The molecule has 2 aromatic rings. The lowest BCUT2D eigenvalue weighted by Gasteiger charge is -1.96. The molecule has 2 nitrogen and oxygen atoms in total. The van der Waals surface area contributed by atoms with Crippen molar-refractivity contribution < 1.29 is 9.50 Å². The van der Waals surface area contributed by atoms with Crippen molar-refractivity contribution >= 4 is 11.3 Å². The van der Waals surface area contributed by atoms with E-state index in [1.165, 1.54) is 17.4 Å². The van der Waals surface area contributed by atoms with Gasteiger partial charge in [-0.3, -0.25) is 0 Å². The second-order valence-corrected chi connectivity index (χ2v) is 4.08. The minimum Gasteiger partial charge on any atom is -0.492 e. The molecule has 72 valence electrons. The van der Waals surface area contributed by atoms with Gasteiger partial charge < -0.3 is 5.11 Å². The molecule has 2 rings (SSSR count). The van der Waals surface area contributed by atoms with Gasteiger partial charge in [-0.25, -0.2) is 9.37 Å². The van der Waals surface area contributed by atoms with Gasteiger partial charge in [0.25, 0.3) is 0 Å². The van der Waals surface area contributed by atoms with Crippen LogP contribution < -0.4 is 0 Å². The third-order valence-electron chi connectivity index (χ3n) is 1.88. The Kier molecular flexibility index (Phi) is 2.21. The summed E-state index contributed by atoms with van der Waals surface area (Å²) in [5.74, 6) is -0.338. The van der Waals surface area contributed by atoms with E-state index in [1.807, 2.05) is 0 Å². The molecular weight excluding hydrogens is 201 g/mol. The van der Waals surface area contributed by atoms with Crippen LogP contribution in [0.4, 0.5) is 4.39 Å². The first-order chi connectivity index (χ1) is 6.68. The van der Waals surface area contributed by atoms with Crippen molar-refractivity contribution in [1.29, 1.82) is 0 Å². The maximum absolute atomic E-state index is 13.3. The van der Waals surface area contributed by atoms with Gasteiger partial charge in [0.05, 0.1) is 4.88 Å². The van der Waals surface area contributed by atoms with Crippen molar-refractivity contribution in [2.45, 2.75) is 6.92 Å². The van der Waals surface area contributed by atoms with Gasteiger partial charge in [-0.15, -0.1) is 11.3 Å². The maximum atomic E-state index is 13.3. The molecule has 1 aromatic heterocycles. The summed E-state index contributed by atoms with van der Waals surface area (Å²) in [5, 5.41) is 9.78. The van der Waals surface area contributed by atoms with Gasteiger partial charge >= 0.3 is 0 Å². The van der Waals surface area contributed by atoms with Gasteiger partial charge in [-0.05, 0) is 19.1 Å². The monoisotopic (exact) mass is 209 g/mol. The van der Waals surface area contributed by atoms with Crippen molar-refractivity contribution in [2.24, 2.45) is 0 Å². The normalized spacial score (nSPS) is 10.4. The van der Waals surface area contributed by atoms with Crippen LogP contribution in [0.15, 0.2) is 24.3 Å². The Morgan fingerprint density at radius 3 is 2.64 bits per heavy atom. The highest BCUT2D eigenvalue weighted by Gasteiger charge is 2.11. The number of thiazole rings is 1. The number of hydrogen-bond donors (Lipinski definition) is 1. The Balaban J connectivity index is 2.55. The van der Waals surface area contributed by atoms with Gasteiger partial charge in [0, 0.05) is 5.56 Å². The van der Waals surface area contributed by atoms with Gasteiger partial charge in [0.2, 0.25) is 5.88 Å². The van der Waals surface area contributed by atoms with E-state index in [4.69, 9.17) is 0 Å². The Morgan fingerprint density at radius 2 is 2.07 bits per heavy atom. The molecule has 4 heteroatoms. The zero-order chi connectivity index (χ0) is 10.1. The lowest BCUT2D eigenvalue weighted by molar-refractivity contribution is 0.454. The SMILES string of the molecule is Cc1sc(-c2ccccc2F)nc1O. The van der Waals surface area contributed by atoms with Crippen LogP contribution in [0.2, 0.25) is 0 Å². The Hall–Kier alpha value is -1.42. The average molecular weight is 209 g/mol. The van der Waals surface area contributed by atoms with Gasteiger partial charge in [0.15, 0.2) is 0 Å². The zero-order valence-corrected chi connectivity index (χ0v) is 8.31. The Labute approximate surface area is 84.7 Å². The molecule has 1 N–H and O–H groups in total. The number of benzene rings is 1. The predicted molar refractivity (Wildman–Crippen MR) is 53.9 cm³/mol. The van der Waals surface area contributed by atoms with E-state index in [-0.39, 0.29) is 11.7 Å². The maximum Gasteiger partial charge on any atom is 0.225 e. The summed E-state index contributed by atoms with van der Waals surface area (Å²) in [7, 11) is 0. The smallest absolute Gasteiger partial charge is 0.225 e. The fourth-order valence-electron chi connectivity index (χ4n) is 1.14. The predicted octanol–water partition coefficient (Wildman–Crippen LogP) is 2.96. The molecule has 0 atom stereocenters. The lowest BCUT2D eigenvalue weighted by Crippen LogP contribution is -1.81. The van der Waals surface area contributed by atoms with Crippen LogP contribution in [0.3, 0.4) is 0 Å². The van der Waals surface area contributed by atoms with Crippen molar-refractivity contribution in [2.75, 3.05) is 0 Å². The highest BCUT2D eigenvalue weighted by atomic mass is 32.1. The van der Waals surface area contributed by atoms with E-state index in [0.717, 1.165) is 0 Å². The number of aromatic hydroxyl groups is 1. The van der Waals surface area contributed by atoms with Gasteiger partial charge in [-0.1, -0.05) is 12.1 Å². The summed E-state index contributed by atoms with van der Waals surface area (Å²) < 4.78 is 13.3. The number of aromatic nitrogens is 1. The fraction of sp³-hybridized carbons (Fsp3) is 0.100. The molecule has 14 heavy (non-hydrogen) atoms. The molecule has 0 bridgehead atoms. The van der Waals surface area contributed by atoms with E-state index in [0.29, 0.717) is 15.4 Å². The zero-order valence-electron chi connectivity index (χ0n) is 7.49. The number of halogens is 1. The van der Waals surface area contributed by atoms with Crippen molar-refractivity contribution in [3.8, 4) is 16.5 Å². The average Bonchev–Trinajstić information content (AvgIpc) is 2.48. The molecule has 0 spiro atoms. The minimum absolute atomic E-state index is 0.0201. The molecular formula is C10H8FNOS. The summed E-state index contributed by atoms with van der Waals surface area (Å²) in [5.41, 5.74) is 0.431. The third-order valence-corrected chi connectivity index (χ3v) is 2.87. The molecule has 0 aliphatic carbocycles. The second kappa shape index (κ2) is 3.38. The highest BCUT2D eigenvalue weighted by Crippen LogP contribution is 2.31. The van der Waals surface area contributed by atoms with Crippen LogP contribution in [0.5, 0.6) is 5.88 Å². The third kappa shape index (κ3) is 1.48. The van der Waals surface area contributed by atoms with Crippen molar-refractivity contribution in [3.63, 3.8) is 0 Å². The van der Waals surface area contributed by atoms with Crippen LogP contribution in [0, 0.1) is 12.7 Å². The molecule has 0 fully saturated rings. The molecule has 1 aromatic carbocycles. The number of aryl methyl sites for hydroxylation is 1. The van der Waals surface area contributed by atoms with Gasteiger partial charge in [-0.2, -0.15) is 0 Å². The van der Waals surface area contributed by atoms with E-state index in [1.54, 1.807) is 25.1 Å². The summed E-state index contributed by atoms with van der Waals surface area (Å²) >= 11 is 1.28. The molecule has 0 unspecified atom stereocenters. The highest BCUT2D eigenvalue weighted by molar-refractivity contribution is 7.15. The molecule has 0 aliphatic rings. The van der Waals surface area contributed by atoms with Crippen LogP contribution in [0.1, 0.15) is 4.88 Å². The summed E-state index contributed by atoms with van der Waals surface area (Å²) in [6.45, 7) is 1.75. The Morgan fingerprint density at radius 1 is 1.36 bits per heavy atom. The standard InChI is InChI=1S/C10H8FNOS/c1-6-9(13)12-10(14-6)7-4-2-3-5-8(7)11/h2-5,13H,1H3. The van der Waals surface area contributed by atoms with Crippen molar-refractivity contribution in [3.05, 3.63) is 35.0 Å². The lowest BCUT2D eigenvalue weighted by atomic mass is 10.2. The summed E-state index contributed by atoms with van der Waals surface area (Å²) in [6.07, 6.45) is 0. The summed E-state index contributed by atoms with van der Waals surface area (Å²) in [6, 6.07) is 6.39. The first-order valence-electron chi connectivity index (χ1n) is 4.10. The Bertz CT molecular complexity index is 447. The number of hydrogen-bond acceptors (Lipinski definition) is 3. The molecule has 1 heterocycles. The second-order valence-electron chi connectivity index (χ2n) is 2.88. The molecule has 0 aliphatic heterocycles. The van der Waals surface area contributed by atoms with Crippen molar-refractivity contribution in [1.82, 2.24) is 4.98 Å². The molecule has 0 radical (unpaired) electrons. The van der Waals surface area contributed by atoms with E-state index < -0.39 is 0 Å². The van der Waals surface area contributed by atoms with E-state index in [9.17, 15) is 9.50 Å². The van der Waals surface area contributed by atoms with Crippen LogP contribution in [-0.2, 0) is 0 Å². The topological polar surface area (TPSA) is 33.1 Å². The van der Waals surface area contributed by atoms with E-state index >= 15 is 0 Å². The molecule has 0 saturated heterocycles. The van der Waals surface area contributed by atoms with Crippen LogP contribution in [0.25, 0.3) is 10.6 Å². The quantitative estimate of drug-likeness (QED) is 0.783. The largest absolute Gasteiger partial charge is 0.492 e. The van der Waals surface area contributed by atoms with Crippen LogP contribution >= 0.6 is 11.3 Å².